The molecule has 0 rings (SSSR count). The Bertz CT molecular complexity index is 294. The van der Waals surface area contributed by atoms with Crippen molar-refractivity contribution in [2.75, 3.05) is 18.2 Å². The summed E-state index contributed by atoms with van der Waals surface area (Å²) in [5.41, 5.74) is 0.0384. The molecule has 0 aromatic heterocycles. The molecule has 0 atom stereocenters. The molecule has 0 fully saturated rings. The molecule has 0 spiro atoms. The topological polar surface area (TPSA) is 37.4 Å². The maximum atomic E-state index is 12.1. The number of hydrogen-bond acceptors (Lipinski definition) is 2. The third-order valence-corrected chi connectivity index (χ3v) is 4.56. The average molecular weight is 270 g/mol. The Hall–Kier alpha value is 0.200. The molecule has 3 nitrogen and oxygen atoms in total. The van der Waals surface area contributed by atoms with Crippen molar-refractivity contribution < 1.29 is 8.42 Å². The van der Waals surface area contributed by atoms with Gasteiger partial charge in [0.2, 0.25) is 10.0 Å². The first-order chi connectivity index (χ1) is 7.10. The van der Waals surface area contributed by atoms with Crippen molar-refractivity contribution in [3.05, 3.63) is 0 Å². The van der Waals surface area contributed by atoms with Gasteiger partial charge < -0.3 is 0 Å². The third kappa shape index (κ3) is 6.06. The van der Waals surface area contributed by atoms with Gasteiger partial charge in [-0.25, -0.2) is 8.42 Å². The lowest BCUT2D eigenvalue weighted by Crippen LogP contribution is -2.40. The van der Waals surface area contributed by atoms with E-state index in [1.54, 1.807) is 0 Å². The minimum absolute atomic E-state index is 0.0243. The molecular weight excluding hydrogens is 246 g/mol. The monoisotopic (exact) mass is 269 g/mol. The van der Waals surface area contributed by atoms with Crippen molar-refractivity contribution in [2.45, 2.75) is 47.1 Å². The first kappa shape index (κ1) is 16.2. The highest BCUT2D eigenvalue weighted by Gasteiger charge is 2.26. The van der Waals surface area contributed by atoms with E-state index in [4.69, 9.17) is 11.6 Å². The summed E-state index contributed by atoms with van der Waals surface area (Å²) in [5.74, 6) is 0.540. The molecule has 0 aromatic carbocycles. The molecule has 0 heterocycles. The van der Waals surface area contributed by atoms with E-state index in [1.165, 1.54) is 4.31 Å². The number of hydrogen-bond donors (Lipinski definition) is 0. The predicted octanol–water partition coefficient (Wildman–Crippen LogP) is 2.70. The molecule has 0 aliphatic carbocycles. The second kappa shape index (κ2) is 6.22. The summed E-state index contributed by atoms with van der Waals surface area (Å²) >= 11 is 5.63. The van der Waals surface area contributed by atoms with Crippen LogP contribution in [0.1, 0.15) is 41.0 Å². The number of halogens is 1. The van der Waals surface area contributed by atoms with Gasteiger partial charge in [0.15, 0.2) is 0 Å². The van der Waals surface area contributed by atoms with E-state index in [1.807, 2.05) is 34.6 Å². The minimum atomic E-state index is -3.17. The Labute approximate surface area is 105 Å². The standard InChI is InChI=1S/C11H24ClNO2S/c1-10(2)13(8-7-12)16(14,15)9-6-11(3,4)5/h10H,6-9H2,1-5H3. The first-order valence-electron chi connectivity index (χ1n) is 5.65. The summed E-state index contributed by atoms with van der Waals surface area (Å²) in [5, 5.41) is 0. The molecule has 0 aliphatic heterocycles. The second-order valence-electron chi connectivity index (χ2n) is 5.52. The molecule has 0 N–H and O–H groups in total. The van der Waals surface area contributed by atoms with Crippen LogP contribution in [0.4, 0.5) is 0 Å². The number of sulfonamides is 1. The van der Waals surface area contributed by atoms with E-state index in [2.05, 4.69) is 0 Å². The van der Waals surface area contributed by atoms with Gasteiger partial charge in [-0.3, -0.25) is 0 Å². The summed E-state index contributed by atoms with van der Waals surface area (Å²) in [6.07, 6.45) is 0.667. The van der Waals surface area contributed by atoms with Gasteiger partial charge in [-0.2, -0.15) is 4.31 Å². The molecular formula is C11H24ClNO2S. The molecule has 0 amide bonds. The maximum absolute atomic E-state index is 12.1. The van der Waals surface area contributed by atoms with Crippen LogP contribution < -0.4 is 0 Å². The number of nitrogens with zero attached hydrogens (tertiary/aromatic N) is 1. The van der Waals surface area contributed by atoms with Crippen LogP contribution in [0.5, 0.6) is 0 Å². The zero-order valence-electron chi connectivity index (χ0n) is 11.0. The van der Waals surface area contributed by atoms with E-state index in [0.29, 0.717) is 18.8 Å². The zero-order chi connectivity index (χ0) is 13.0. The molecule has 0 aromatic rings. The molecule has 16 heavy (non-hydrogen) atoms. The molecule has 0 bridgehead atoms. The molecule has 0 saturated carbocycles. The zero-order valence-corrected chi connectivity index (χ0v) is 12.5. The maximum Gasteiger partial charge on any atom is 0.214 e. The summed E-state index contributed by atoms with van der Waals surface area (Å²) in [4.78, 5) is 0. The highest BCUT2D eigenvalue weighted by atomic mass is 35.5. The Balaban J connectivity index is 4.61. The van der Waals surface area contributed by atoms with Crippen molar-refractivity contribution >= 4 is 21.6 Å². The number of rotatable bonds is 6. The number of alkyl halides is 1. The van der Waals surface area contributed by atoms with Gasteiger partial charge in [0.1, 0.15) is 0 Å². The fourth-order valence-electron chi connectivity index (χ4n) is 1.35. The predicted molar refractivity (Wildman–Crippen MR) is 70.4 cm³/mol. The lowest BCUT2D eigenvalue weighted by Gasteiger charge is -2.27. The van der Waals surface area contributed by atoms with Crippen LogP contribution in [0, 0.1) is 5.41 Å². The van der Waals surface area contributed by atoms with Crippen LogP contribution in [-0.4, -0.2) is 36.9 Å². The lowest BCUT2D eigenvalue weighted by atomic mass is 9.94. The molecule has 98 valence electrons. The lowest BCUT2D eigenvalue weighted by molar-refractivity contribution is 0.356. The fraction of sp³-hybridized carbons (Fsp3) is 1.00. The van der Waals surface area contributed by atoms with Crippen molar-refractivity contribution in [2.24, 2.45) is 5.41 Å². The summed E-state index contributed by atoms with van der Waals surface area (Å²) in [6.45, 7) is 10.3. The van der Waals surface area contributed by atoms with E-state index in [0.717, 1.165) is 0 Å². The van der Waals surface area contributed by atoms with E-state index in [-0.39, 0.29) is 17.2 Å². The van der Waals surface area contributed by atoms with Gasteiger partial charge in [0, 0.05) is 18.5 Å². The van der Waals surface area contributed by atoms with Gasteiger partial charge in [0.05, 0.1) is 5.75 Å². The van der Waals surface area contributed by atoms with Crippen molar-refractivity contribution in [3.63, 3.8) is 0 Å². The van der Waals surface area contributed by atoms with Gasteiger partial charge >= 0.3 is 0 Å². The van der Waals surface area contributed by atoms with Crippen LogP contribution in [0.15, 0.2) is 0 Å². The molecule has 0 unspecified atom stereocenters. The van der Waals surface area contributed by atoms with Crippen LogP contribution in [0.2, 0.25) is 0 Å². The Kier molecular flexibility index (Phi) is 6.30. The highest BCUT2D eigenvalue weighted by Crippen LogP contribution is 2.21. The minimum Gasteiger partial charge on any atom is -0.212 e. The molecule has 0 radical (unpaired) electrons. The third-order valence-electron chi connectivity index (χ3n) is 2.35. The van der Waals surface area contributed by atoms with Gasteiger partial charge in [-0.05, 0) is 25.7 Å². The van der Waals surface area contributed by atoms with Gasteiger partial charge in [-0.1, -0.05) is 20.8 Å². The van der Waals surface area contributed by atoms with E-state index < -0.39 is 10.0 Å². The van der Waals surface area contributed by atoms with E-state index in [9.17, 15) is 8.42 Å². The van der Waals surface area contributed by atoms with Crippen molar-refractivity contribution in [1.29, 1.82) is 0 Å². The second-order valence-corrected chi connectivity index (χ2v) is 7.94. The highest BCUT2D eigenvalue weighted by molar-refractivity contribution is 7.89. The van der Waals surface area contributed by atoms with Crippen molar-refractivity contribution in [3.8, 4) is 0 Å². The quantitative estimate of drug-likeness (QED) is 0.696. The van der Waals surface area contributed by atoms with E-state index >= 15 is 0 Å². The first-order valence-corrected chi connectivity index (χ1v) is 7.80. The Morgan fingerprint density at radius 2 is 1.75 bits per heavy atom. The van der Waals surface area contributed by atoms with Gasteiger partial charge in [0.25, 0.3) is 0 Å². The van der Waals surface area contributed by atoms with Crippen LogP contribution in [-0.2, 0) is 10.0 Å². The summed E-state index contributed by atoms with van der Waals surface area (Å²) in [6, 6.07) is -0.0243. The SMILES string of the molecule is CC(C)N(CCCl)S(=O)(=O)CCC(C)(C)C. The van der Waals surface area contributed by atoms with Crippen LogP contribution in [0.25, 0.3) is 0 Å². The largest absolute Gasteiger partial charge is 0.214 e. The molecule has 0 saturated heterocycles. The Morgan fingerprint density at radius 1 is 1.25 bits per heavy atom. The normalized spacial score (nSPS) is 13.8. The van der Waals surface area contributed by atoms with Crippen molar-refractivity contribution in [1.82, 2.24) is 4.31 Å². The summed E-state index contributed by atoms with van der Waals surface area (Å²) in [7, 11) is -3.17. The smallest absolute Gasteiger partial charge is 0.212 e. The fourth-order valence-corrected chi connectivity index (χ4v) is 3.75. The van der Waals surface area contributed by atoms with Crippen LogP contribution >= 0.6 is 11.6 Å². The molecule has 0 aliphatic rings. The average Bonchev–Trinajstić information content (AvgIpc) is 2.09. The summed E-state index contributed by atoms with van der Waals surface area (Å²) < 4.78 is 25.6. The van der Waals surface area contributed by atoms with Crippen LogP contribution in [0.3, 0.4) is 0 Å². The van der Waals surface area contributed by atoms with Gasteiger partial charge in [-0.15, -0.1) is 11.6 Å². The Morgan fingerprint density at radius 3 is 2.06 bits per heavy atom. The molecule has 5 heteroatoms.